The number of anilines is 1. The molecule has 1 atom stereocenters. The van der Waals surface area contributed by atoms with Crippen molar-refractivity contribution in [1.82, 2.24) is 5.32 Å². The Hall–Kier alpha value is -1.31. The van der Waals surface area contributed by atoms with Gasteiger partial charge < -0.3 is 10.1 Å². The number of carbonyl (C=O) groups is 1. The number of ether oxygens (including phenoxy) is 1. The second-order valence-corrected chi connectivity index (χ2v) is 7.90. The average molecular weight is 361 g/mol. The summed E-state index contributed by atoms with van der Waals surface area (Å²) in [4.78, 5) is 11.9. The molecular formula is C15H21ClN2O4S. The second-order valence-electron chi connectivity index (χ2n) is 5.56. The summed E-state index contributed by atoms with van der Waals surface area (Å²) in [7, 11) is -3.46. The van der Waals surface area contributed by atoms with E-state index in [-0.39, 0.29) is 19.0 Å². The van der Waals surface area contributed by atoms with E-state index in [9.17, 15) is 13.2 Å². The Morgan fingerprint density at radius 3 is 2.78 bits per heavy atom. The van der Waals surface area contributed by atoms with Crippen LogP contribution < -0.4 is 9.62 Å². The van der Waals surface area contributed by atoms with Crippen LogP contribution in [0.15, 0.2) is 18.2 Å². The van der Waals surface area contributed by atoms with Gasteiger partial charge in [-0.05, 0) is 43.5 Å². The zero-order chi connectivity index (χ0) is 17.0. The van der Waals surface area contributed by atoms with Crippen LogP contribution in [0.5, 0.6) is 0 Å². The maximum absolute atomic E-state index is 12.1. The lowest BCUT2D eigenvalue weighted by Gasteiger charge is -2.24. The van der Waals surface area contributed by atoms with E-state index in [4.69, 9.17) is 16.3 Å². The van der Waals surface area contributed by atoms with Gasteiger partial charge >= 0.3 is 0 Å². The van der Waals surface area contributed by atoms with Crippen LogP contribution in [-0.4, -0.2) is 46.4 Å². The first kappa shape index (κ1) is 18.0. The summed E-state index contributed by atoms with van der Waals surface area (Å²) in [5.74, 6) is -0.191. The van der Waals surface area contributed by atoms with Crippen molar-refractivity contribution in [2.45, 2.75) is 25.9 Å². The van der Waals surface area contributed by atoms with E-state index in [1.165, 1.54) is 4.31 Å². The van der Waals surface area contributed by atoms with Gasteiger partial charge in [0.15, 0.2) is 0 Å². The Morgan fingerprint density at radius 1 is 1.48 bits per heavy atom. The summed E-state index contributed by atoms with van der Waals surface area (Å²) in [6, 6.07) is 5.02. The molecule has 0 aliphatic carbocycles. The highest BCUT2D eigenvalue weighted by Gasteiger charge is 2.24. The molecule has 0 bridgehead atoms. The van der Waals surface area contributed by atoms with Crippen LogP contribution in [0.1, 0.15) is 18.4 Å². The van der Waals surface area contributed by atoms with Gasteiger partial charge in [0.1, 0.15) is 6.10 Å². The topological polar surface area (TPSA) is 75.7 Å². The summed E-state index contributed by atoms with van der Waals surface area (Å²) < 4.78 is 30.7. The van der Waals surface area contributed by atoms with E-state index < -0.39 is 16.1 Å². The normalized spacial score (nSPS) is 18.0. The summed E-state index contributed by atoms with van der Waals surface area (Å²) in [5.41, 5.74) is 1.32. The highest BCUT2D eigenvalue weighted by Crippen LogP contribution is 2.25. The van der Waals surface area contributed by atoms with E-state index in [1.54, 1.807) is 25.1 Å². The highest BCUT2D eigenvalue weighted by atomic mass is 35.5. The molecular weight excluding hydrogens is 340 g/mol. The maximum Gasteiger partial charge on any atom is 0.249 e. The number of nitrogens with zero attached hydrogens (tertiary/aromatic N) is 1. The molecule has 1 amide bonds. The number of benzene rings is 1. The lowest BCUT2D eigenvalue weighted by atomic mass is 10.2. The molecule has 1 fully saturated rings. The van der Waals surface area contributed by atoms with Crippen molar-refractivity contribution in [1.29, 1.82) is 0 Å². The summed E-state index contributed by atoms with van der Waals surface area (Å²) in [6.45, 7) is 2.76. The molecule has 8 heteroatoms. The maximum atomic E-state index is 12.1. The van der Waals surface area contributed by atoms with E-state index in [2.05, 4.69) is 5.32 Å². The van der Waals surface area contributed by atoms with Gasteiger partial charge in [0, 0.05) is 18.2 Å². The molecule has 1 aliphatic rings. The van der Waals surface area contributed by atoms with Gasteiger partial charge in [-0.15, -0.1) is 0 Å². The SMILES string of the molecule is Cc1cc(Cl)ccc1N(CCNC(=O)C1CCCO1)S(C)(=O)=O. The Kier molecular flexibility index (Phi) is 5.89. The molecule has 0 radical (unpaired) electrons. The van der Waals surface area contributed by atoms with Crippen molar-refractivity contribution in [2.24, 2.45) is 0 Å². The van der Waals surface area contributed by atoms with Crippen LogP contribution in [0.2, 0.25) is 5.02 Å². The van der Waals surface area contributed by atoms with Crippen molar-refractivity contribution in [3.05, 3.63) is 28.8 Å². The Bertz CT molecular complexity index is 672. The van der Waals surface area contributed by atoms with Crippen LogP contribution in [0, 0.1) is 6.92 Å². The highest BCUT2D eigenvalue weighted by molar-refractivity contribution is 7.92. The Labute approximate surface area is 141 Å². The molecule has 6 nitrogen and oxygen atoms in total. The minimum atomic E-state index is -3.46. The number of sulfonamides is 1. The van der Waals surface area contributed by atoms with Gasteiger partial charge in [0.25, 0.3) is 0 Å². The van der Waals surface area contributed by atoms with Crippen LogP contribution in [0.25, 0.3) is 0 Å². The minimum absolute atomic E-state index is 0.153. The molecule has 2 rings (SSSR count). The molecule has 1 saturated heterocycles. The fraction of sp³-hybridized carbons (Fsp3) is 0.533. The fourth-order valence-electron chi connectivity index (χ4n) is 2.54. The molecule has 1 N–H and O–H groups in total. The first-order valence-corrected chi connectivity index (χ1v) is 9.65. The molecule has 23 heavy (non-hydrogen) atoms. The number of hydrogen-bond donors (Lipinski definition) is 1. The first-order chi connectivity index (χ1) is 10.8. The predicted molar refractivity (Wildman–Crippen MR) is 90.4 cm³/mol. The second kappa shape index (κ2) is 7.51. The zero-order valence-electron chi connectivity index (χ0n) is 13.2. The number of aryl methyl sites for hydroxylation is 1. The molecule has 1 aliphatic heterocycles. The molecule has 1 unspecified atom stereocenters. The van der Waals surface area contributed by atoms with Gasteiger partial charge in [-0.3, -0.25) is 9.10 Å². The summed E-state index contributed by atoms with van der Waals surface area (Å²) in [5, 5.41) is 3.28. The van der Waals surface area contributed by atoms with E-state index >= 15 is 0 Å². The Balaban J connectivity index is 2.03. The predicted octanol–water partition coefficient (Wildman–Crippen LogP) is 1.71. The molecule has 0 aromatic heterocycles. The summed E-state index contributed by atoms with van der Waals surface area (Å²) in [6.07, 6.45) is 2.30. The number of halogens is 1. The number of carbonyl (C=O) groups excluding carboxylic acids is 1. The van der Waals surface area contributed by atoms with Crippen LogP contribution in [-0.2, 0) is 19.6 Å². The minimum Gasteiger partial charge on any atom is -0.368 e. The van der Waals surface area contributed by atoms with Crippen LogP contribution >= 0.6 is 11.6 Å². The van der Waals surface area contributed by atoms with Gasteiger partial charge in [0.05, 0.1) is 18.5 Å². The third-order valence-corrected chi connectivity index (χ3v) is 5.08. The smallest absolute Gasteiger partial charge is 0.249 e. The fourth-order valence-corrected chi connectivity index (χ4v) is 3.75. The number of hydrogen-bond acceptors (Lipinski definition) is 4. The number of amides is 1. The van der Waals surface area contributed by atoms with Gasteiger partial charge in [-0.25, -0.2) is 8.42 Å². The molecule has 0 saturated carbocycles. The van der Waals surface area contributed by atoms with Gasteiger partial charge in [0.2, 0.25) is 15.9 Å². The molecule has 0 spiro atoms. The van der Waals surface area contributed by atoms with Crippen molar-refractivity contribution in [3.8, 4) is 0 Å². The van der Waals surface area contributed by atoms with Crippen molar-refractivity contribution in [3.63, 3.8) is 0 Å². The largest absolute Gasteiger partial charge is 0.368 e. The van der Waals surface area contributed by atoms with Crippen LogP contribution in [0.4, 0.5) is 5.69 Å². The molecule has 128 valence electrons. The molecule has 1 heterocycles. The average Bonchev–Trinajstić information content (AvgIpc) is 2.97. The van der Waals surface area contributed by atoms with Gasteiger partial charge in [-0.2, -0.15) is 0 Å². The number of nitrogens with one attached hydrogen (secondary N) is 1. The van der Waals surface area contributed by atoms with Gasteiger partial charge in [-0.1, -0.05) is 11.6 Å². The zero-order valence-corrected chi connectivity index (χ0v) is 14.8. The third kappa shape index (κ3) is 4.83. The monoisotopic (exact) mass is 360 g/mol. The molecule has 1 aromatic carbocycles. The van der Waals surface area contributed by atoms with E-state index in [0.29, 0.717) is 23.7 Å². The molecule has 1 aromatic rings. The summed E-state index contributed by atoms with van der Waals surface area (Å²) >= 11 is 5.92. The first-order valence-electron chi connectivity index (χ1n) is 7.42. The third-order valence-electron chi connectivity index (χ3n) is 3.66. The van der Waals surface area contributed by atoms with Crippen LogP contribution in [0.3, 0.4) is 0 Å². The van der Waals surface area contributed by atoms with Crippen molar-refractivity contribution in [2.75, 3.05) is 30.3 Å². The quantitative estimate of drug-likeness (QED) is 0.838. The van der Waals surface area contributed by atoms with E-state index in [0.717, 1.165) is 18.2 Å². The number of rotatable bonds is 6. The lowest BCUT2D eigenvalue weighted by molar-refractivity contribution is -0.129. The van der Waals surface area contributed by atoms with Crippen molar-refractivity contribution >= 4 is 33.2 Å². The lowest BCUT2D eigenvalue weighted by Crippen LogP contribution is -2.41. The Morgan fingerprint density at radius 2 is 2.22 bits per heavy atom. The standard InChI is InChI=1S/C15H21ClN2O4S/c1-11-10-12(16)5-6-13(11)18(23(2,20)21)8-7-17-15(19)14-4-3-9-22-14/h5-6,10,14H,3-4,7-9H2,1-2H3,(H,17,19). The van der Waals surface area contributed by atoms with E-state index in [1.807, 2.05) is 0 Å². The van der Waals surface area contributed by atoms with Crippen molar-refractivity contribution < 1.29 is 17.9 Å².